The average molecular weight is 285 g/mol. The molecule has 2 aromatic rings. The molecule has 5 nitrogen and oxygen atoms in total. The van der Waals surface area contributed by atoms with Crippen LogP contribution in [-0.4, -0.2) is 21.5 Å². The minimum Gasteiger partial charge on any atom is -0.383 e. The Bertz CT molecular complexity index is 624. The van der Waals surface area contributed by atoms with Crippen molar-refractivity contribution in [2.75, 3.05) is 17.2 Å². The first-order valence-corrected chi connectivity index (χ1v) is 7.35. The number of hydrogen-bond acceptors (Lipinski definition) is 5. The van der Waals surface area contributed by atoms with Gasteiger partial charge < -0.3 is 10.6 Å². The maximum atomic E-state index is 6.01. The van der Waals surface area contributed by atoms with Crippen molar-refractivity contribution >= 4 is 11.6 Å². The van der Waals surface area contributed by atoms with Crippen LogP contribution < -0.4 is 10.6 Å². The van der Waals surface area contributed by atoms with E-state index in [9.17, 15) is 0 Å². The van der Waals surface area contributed by atoms with Gasteiger partial charge in [0.15, 0.2) is 0 Å². The molecule has 2 heterocycles. The predicted octanol–water partition coefficient (Wildman–Crippen LogP) is 2.66. The number of nitrogen functional groups attached to an aromatic ring is 1. The highest BCUT2D eigenvalue weighted by molar-refractivity contribution is 5.56. The molecule has 0 saturated carbocycles. The zero-order valence-electron chi connectivity index (χ0n) is 13.2. The van der Waals surface area contributed by atoms with Gasteiger partial charge in [0, 0.05) is 24.2 Å². The number of anilines is 2. The van der Waals surface area contributed by atoms with Crippen LogP contribution in [0, 0.1) is 13.8 Å². The first-order valence-electron chi connectivity index (χ1n) is 7.35. The Balaban J connectivity index is 2.35. The number of pyridine rings is 1. The van der Waals surface area contributed by atoms with Gasteiger partial charge in [-0.15, -0.1) is 0 Å². The average Bonchev–Trinajstić information content (AvgIpc) is 2.48. The lowest BCUT2D eigenvalue weighted by atomic mass is 10.2. The normalized spacial score (nSPS) is 10.7. The van der Waals surface area contributed by atoms with E-state index in [1.807, 2.05) is 39.0 Å². The van der Waals surface area contributed by atoms with Gasteiger partial charge in [-0.2, -0.15) is 0 Å². The maximum Gasteiger partial charge on any atom is 0.137 e. The summed E-state index contributed by atoms with van der Waals surface area (Å²) >= 11 is 0. The van der Waals surface area contributed by atoms with Gasteiger partial charge in [-0.1, -0.05) is 13.0 Å². The summed E-state index contributed by atoms with van der Waals surface area (Å²) in [6.07, 6.45) is 0.776. The van der Waals surface area contributed by atoms with Gasteiger partial charge >= 0.3 is 0 Å². The topological polar surface area (TPSA) is 67.9 Å². The van der Waals surface area contributed by atoms with Crippen LogP contribution in [0.25, 0.3) is 0 Å². The van der Waals surface area contributed by atoms with E-state index in [1.165, 1.54) is 0 Å². The Labute approximate surface area is 126 Å². The second kappa shape index (κ2) is 6.52. The second-order valence-corrected chi connectivity index (χ2v) is 5.11. The minimum atomic E-state index is 0.563. The number of aromatic nitrogens is 3. The highest BCUT2D eigenvalue weighted by Gasteiger charge is 2.14. The van der Waals surface area contributed by atoms with Gasteiger partial charge in [0.2, 0.25) is 0 Å². The molecular weight excluding hydrogens is 262 g/mol. The van der Waals surface area contributed by atoms with Crippen LogP contribution in [0.5, 0.6) is 0 Å². The molecule has 0 radical (unpaired) electrons. The standard InChI is InChI=1S/C16H23N5/c1-5-14-19-15(17)12(4)16(20-14)21(6-2)10-13-9-7-8-11(3)18-13/h7-9H,5-6,10H2,1-4H3,(H2,17,19,20). The zero-order valence-corrected chi connectivity index (χ0v) is 13.2. The van der Waals surface area contributed by atoms with Gasteiger partial charge in [0.25, 0.3) is 0 Å². The lowest BCUT2D eigenvalue weighted by molar-refractivity contribution is 0.773. The van der Waals surface area contributed by atoms with E-state index < -0.39 is 0 Å². The van der Waals surface area contributed by atoms with Crippen molar-refractivity contribution in [1.29, 1.82) is 0 Å². The zero-order chi connectivity index (χ0) is 15.4. The Morgan fingerprint density at radius 2 is 1.86 bits per heavy atom. The van der Waals surface area contributed by atoms with E-state index >= 15 is 0 Å². The molecule has 21 heavy (non-hydrogen) atoms. The summed E-state index contributed by atoms with van der Waals surface area (Å²) in [5, 5.41) is 0. The predicted molar refractivity (Wildman–Crippen MR) is 86.3 cm³/mol. The van der Waals surface area contributed by atoms with Crippen LogP contribution in [0.15, 0.2) is 18.2 Å². The van der Waals surface area contributed by atoms with Crippen molar-refractivity contribution in [3.63, 3.8) is 0 Å². The summed E-state index contributed by atoms with van der Waals surface area (Å²) in [6.45, 7) is 9.68. The van der Waals surface area contributed by atoms with Crippen molar-refractivity contribution in [3.05, 3.63) is 41.0 Å². The van der Waals surface area contributed by atoms with Crippen LogP contribution in [0.2, 0.25) is 0 Å². The molecule has 0 bridgehead atoms. The monoisotopic (exact) mass is 285 g/mol. The van der Waals surface area contributed by atoms with Crippen LogP contribution in [0.3, 0.4) is 0 Å². The van der Waals surface area contributed by atoms with Crippen LogP contribution in [-0.2, 0) is 13.0 Å². The van der Waals surface area contributed by atoms with Crippen molar-refractivity contribution < 1.29 is 0 Å². The van der Waals surface area contributed by atoms with Gasteiger partial charge in [0.05, 0.1) is 12.2 Å². The number of hydrogen-bond donors (Lipinski definition) is 1. The van der Waals surface area contributed by atoms with Crippen LogP contribution >= 0.6 is 0 Å². The molecule has 0 aliphatic carbocycles. The summed E-state index contributed by atoms with van der Waals surface area (Å²) in [5.74, 6) is 2.25. The third-order valence-corrected chi connectivity index (χ3v) is 3.50. The first kappa shape index (κ1) is 15.2. The fraction of sp³-hybridized carbons (Fsp3) is 0.438. The van der Waals surface area contributed by atoms with Gasteiger partial charge in [-0.05, 0) is 32.9 Å². The molecule has 0 spiro atoms. The molecule has 0 fully saturated rings. The Kier molecular flexibility index (Phi) is 4.73. The molecule has 0 amide bonds. The SMILES string of the molecule is CCc1nc(N)c(C)c(N(CC)Cc2cccc(C)n2)n1. The summed E-state index contributed by atoms with van der Waals surface area (Å²) in [7, 11) is 0. The second-order valence-electron chi connectivity index (χ2n) is 5.11. The molecule has 2 aromatic heterocycles. The number of aryl methyl sites for hydroxylation is 2. The maximum absolute atomic E-state index is 6.01. The van der Waals surface area contributed by atoms with Crippen molar-refractivity contribution in [1.82, 2.24) is 15.0 Å². The molecule has 112 valence electrons. The van der Waals surface area contributed by atoms with E-state index in [0.717, 1.165) is 48.1 Å². The summed E-state index contributed by atoms with van der Waals surface area (Å²) in [5.41, 5.74) is 9.00. The van der Waals surface area contributed by atoms with E-state index in [1.54, 1.807) is 0 Å². The summed E-state index contributed by atoms with van der Waals surface area (Å²) < 4.78 is 0. The lowest BCUT2D eigenvalue weighted by Gasteiger charge is -2.24. The number of nitrogens with zero attached hydrogens (tertiary/aromatic N) is 4. The lowest BCUT2D eigenvalue weighted by Crippen LogP contribution is -2.26. The molecule has 2 N–H and O–H groups in total. The summed E-state index contributed by atoms with van der Waals surface area (Å²) in [4.78, 5) is 15.7. The largest absolute Gasteiger partial charge is 0.383 e. The summed E-state index contributed by atoms with van der Waals surface area (Å²) in [6, 6.07) is 6.07. The van der Waals surface area contributed by atoms with Gasteiger partial charge in [0.1, 0.15) is 17.5 Å². The molecule has 0 aliphatic rings. The Hall–Kier alpha value is -2.17. The quantitative estimate of drug-likeness (QED) is 0.914. The molecule has 0 unspecified atom stereocenters. The van der Waals surface area contributed by atoms with E-state index in [2.05, 4.69) is 26.8 Å². The fourth-order valence-electron chi connectivity index (χ4n) is 2.25. The van der Waals surface area contributed by atoms with Crippen LogP contribution in [0.4, 0.5) is 11.6 Å². The molecule has 5 heteroatoms. The van der Waals surface area contributed by atoms with Crippen LogP contribution in [0.1, 0.15) is 36.6 Å². The molecule has 0 saturated heterocycles. The number of nitrogens with two attached hydrogens (primary N) is 1. The molecule has 0 aliphatic heterocycles. The van der Waals surface area contributed by atoms with Gasteiger partial charge in [-0.25, -0.2) is 9.97 Å². The highest BCUT2D eigenvalue weighted by atomic mass is 15.2. The van der Waals surface area contributed by atoms with E-state index in [0.29, 0.717) is 5.82 Å². The molecule has 2 rings (SSSR count). The van der Waals surface area contributed by atoms with Crippen molar-refractivity contribution in [3.8, 4) is 0 Å². The van der Waals surface area contributed by atoms with E-state index in [-0.39, 0.29) is 0 Å². The third kappa shape index (κ3) is 3.48. The number of rotatable bonds is 5. The molecule has 0 atom stereocenters. The minimum absolute atomic E-state index is 0.563. The molecular formula is C16H23N5. The van der Waals surface area contributed by atoms with Crippen molar-refractivity contribution in [2.24, 2.45) is 0 Å². The fourth-order valence-corrected chi connectivity index (χ4v) is 2.25. The smallest absolute Gasteiger partial charge is 0.137 e. The first-order chi connectivity index (χ1) is 10.0. The Morgan fingerprint density at radius 3 is 2.48 bits per heavy atom. The third-order valence-electron chi connectivity index (χ3n) is 3.50. The van der Waals surface area contributed by atoms with E-state index in [4.69, 9.17) is 5.73 Å². The van der Waals surface area contributed by atoms with Crippen molar-refractivity contribution in [2.45, 2.75) is 40.7 Å². The highest BCUT2D eigenvalue weighted by Crippen LogP contribution is 2.23. The molecule has 0 aromatic carbocycles. The van der Waals surface area contributed by atoms with Gasteiger partial charge in [-0.3, -0.25) is 4.98 Å². The Morgan fingerprint density at radius 1 is 1.10 bits per heavy atom.